The normalized spacial score (nSPS) is 12.4. The van der Waals surface area contributed by atoms with E-state index in [1.54, 1.807) is 0 Å². The van der Waals surface area contributed by atoms with Gasteiger partial charge >= 0.3 is 0 Å². The molecule has 1 unspecified atom stereocenters. The van der Waals surface area contributed by atoms with Crippen molar-refractivity contribution >= 4 is 10.8 Å². The van der Waals surface area contributed by atoms with Gasteiger partial charge in [0.25, 0.3) is 0 Å². The van der Waals surface area contributed by atoms with Gasteiger partial charge in [-0.3, -0.25) is 4.21 Å². The van der Waals surface area contributed by atoms with Crippen molar-refractivity contribution in [1.29, 1.82) is 0 Å². The van der Waals surface area contributed by atoms with Gasteiger partial charge in [-0.2, -0.15) is 0 Å². The van der Waals surface area contributed by atoms with E-state index >= 15 is 0 Å². The molecule has 2 nitrogen and oxygen atoms in total. The number of nitrogens with two attached hydrogens (primary N) is 1. The Morgan fingerprint density at radius 1 is 0.947 bits per heavy atom. The number of benzene rings is 2. The fourth-order valence-corrected chi connectivity index (χ4v) is 3.05. The third-order valence-corrected chi connectivity index (χ3v) is 4.67. The standard InChI is InChI=1S/C16H19NOS/c1-12-3-8-16(9-13(12)2)19(18)11-15-6-4-14(10-17)5-7-15/h3-9H,10-11,17H2,1-2H3. The molecule has 0 saturated carbocycles. The summed E-state index contributed by atoms with van der Waals surface area (Å²) in [6.07, 6.45) is 0. The molecule has 100 valence electrons. The maximum Gasteiger partial charge on any atom is 0.0574 e. The molecular weight excluding hydrogens is 254 g/mol. The van der Waals surface area contributed by atoms with Crippen LogP contribution in [0.4, 0.5) is 0 Å². The van der Waals surface area contributed by atoms with Gasteiger partial charge in [-0.1, -0.05) is 30.3 Å². The first kappa shape index (κ1) is 14.0. The van der Waals surface area contributed by atoms with E-state index in [0.29, 0.717) is 12.3 Å². The van der Waals surface area contributed by atoms with Gasteiger partial charge in [0.2, 0.25) is 0 Å². The van der Waals surface area contributed by atoms with E-state index in [-0.39, 0.29) is 0 Å². The van der Waals surface area contributed by atoms with E-state index < -0.39 is 10.8 Å². The topological polar surface area (TPSA) is 43.1 Å². The van der Waals surface area contributed by atoms with Crippen LogP contribution in [0.25, 0.3) is 0 Å². The Balaban J connectivity index is 2.13. The average Bonchev–Trinajstić information content (AvgIpc) is 2.42. The van der Waals surface area contributed by atoms with Gasteiger partial charge in [-0.05, 0) is 48.2 Å². The molecule has 0 radical (unpaired) electrons. The number of aryl methyl sites for hydroxylation is 2. The van der Waals surface area contributed by atoms with E-state index in [0.717, 1.165) is 16.0 Å². The smallest absolute Gasteiger partial charge is 0.0574 e. The van der Waals surface area contributed by atoms with E-state index in [9.17, 15) is 4.21 Å². The summed E-state index contributed by atoms with van der Waals surface area (Å²) in [5.74, 6) is 0.549. The van der Waals surface area contributed by atoms with Crippen molar-refractivity contribution in [3.8, 4) is 0 Å². The van der Waals surface area contributed by atoms with Crippen molar-refractivity contribution in [3.05, 3.63) is 64.7 Å². The molecule has 2 aromatic carbocycles. The lowest BCUT2D eigenvalue weighted by Gasteiger charge is -2.06. The Morgan fingerprint density at radius 2 is 1.58 bits per heavy atom. The molecule has 3 heteroatoms. The maximum atomic E-state index is 12.3. The van der Waals surface area contributed by atoms with Crippen molar-refractivity contribution < 1.29 is 4.21 Å². The summed E-state index contributed by atoms with van der Waals surface area (Å²) >= 11 is 0. The third-order valence-electron chi connectivity index (χ3n) is 3.30. The molecule has 2 aromatic rings. The van der Waals surface area contributed by atoms with Crippen molar-refractivity contribution in [3.63, 3.8) is 0 Å². The van der Waals surface area contributed by atoms with Gasteiger partial charge in [0.1, 0.15) is 0 Å². The Bertz CT molecular complexity index is 590. The zero-order valence-corrected chi connectivity index (χ0v) is 12.2. The van der Waals surface area contributed by atoms with Gasteiger partial charge < -0.3 is 5.73 Å². The van der Waals surface area contributed by atoms with Gasteiger partial charge in [-0.15, -0.1) is 0 Å². The molecule has 0 spiro atoms. The first-order valence-corrected chi connectivity index (χ1v) is 7.65. The van der Waals surface area contributed by atoms with E-state index in [1.165, 1.54) is 11.1 Å². The van der Waals surface area contributed by atoms with Gasteiger partial charge in [0.05, 0.1) is 16.6 Å². The van der Waals surface area contributed by atoms with Crippen molar-refractivity contribution in [1.82, 2.24) is 0 Å². The highest BCUT2D eigenvalue weighted by Crippen LogP contribution is 2.16. The molecular formula is C16H19NOS. The molecule has 0 aromatic heterocycles. The number of hydrogen-bond acceptors (Lipinski definition) is 2. The Morgan fingerprint density at radius 3 is 2.16 bits per heavy atom. The van der Waals surface area contributed by atoms with E-state index in [4.69, 9.17) is 5.73 Å². The van der Waals surface area contributed by atoms with Crippen molar-refractivity contribution in [2.75, 3.05) is 0 Å². The molecule has 0 aliphatic rings. The molecule has 2 N–H and O–H groups in total. The van der Waals surface area contributed by atoms with Crippen LogP contribution < -0.4 is 5.73 Å². The van der Waals surface area contributed by atoms with Crippen LogP contribution >= 0.6 is 0 Å². The Hall–Kier alpha value is -1.45. The predicted molar refractivity (Wildman–Crippen MR) is 80.4 cm³/mol. The van der Waals surface area contributed by atoms with Crippen LogP contribution in [0.15, 0.2) is 47.4 Å². The van der Waals surface area contributed by atoms with Crippen LogP contribution in [0.3, 0.4) is 0 Å². The first-order chi connectivity index (χ1) is 9.10. The summed E-state index contributed by atoms with van der Waals surface area (Å²) in [6.45, 7) is 4.65. The summed E-state index contributed by atoms with van der Waals surface area (Å²) in [6, 6.07) is 14.0. The maximum absolute atomic E-state index is 12.3. The molecule has 0 saturated heterocycles. The van der Waals surface area contributed by atoms with Crippen LogP contribution in [-0.2, 0) is 23.1 Å². The Labute approximate surface area is 117 Å². The van der Waals surface area contributed by atoms with Crippen LogP contribution in [0.5, 0.6) is 0 Å². The molecule has 1 atom stereocenters. The van der Waals surface area contributed by atoms with Gasteiger partial charge in [0, 0.05) is 11.4 Å². The van der Waals surface area contributed by atoms with E-state index in [1.807, 2.05) is 49.4 Å². The van der Waals surface area contributed by atoms with E-state index in [2.05, 4.69) is 6.92 Å². The molecule has 0 heterocycles. The molecule has 0 aliphatic carbocycles. The minimum atomic E-state index is -0.993. The summed E-state index contributed by atoms with van der Waals surface area (Å²) in [4.78, 5) is 0.894. The van der Waals surface area contributed by atoms with Gasteiger partial charge in [0.15, 0.2) is 0 Å². The highest BCUT2D eigenvalue weighted by Gasteiger charge is 2.06. The minimum absolute atomic E-state index is 0.542. The second-order valence-corrected chi connectivity index (χ2v) is 6.21. The number of hydrogen-bond donors (Lipinski definition) is 1. The second kappa shape index (κ2) is 6.13. The lowest BCUT2D eigenvalue weighted by Crippen LogP contribution is -1.99. The monoisotopic (exact) mass is 273 g/mol. The Kier molecular flexibility index (Phi) is 4.51. The first-order valence-electron chi connectivity index (χ1n) is 6.33. The summed E-state index contributed by atoms with van der Waals surface area (Å²) in [7, 11) is -0.993. The highest BCUT2D eigenvalue weighted by molar-refractivity contribution is 7.84. The van der Waals surface area contributed by atoms with Crippen LogP contribution in [0, 0.1) is 13.8 Å². The quantitative estimate of drug-likeness (QED) is 0.930. The molecule has 0 amide bonds. The molecule has 0 fully saturated rings. The lowest BCUT2D eigenvalue weighted by molar-refractivity contribution is 0.682. The second-order valence-electron chi connectivity index (χ2n) is 4.76. The van der Waals surface area contributed by atoms with Gasteiger partial charge in [-0.25, -0.2) is 0 Å². The largest absolute Gasteiger partial charge is 0.326 e. The molecule has 0 aliphatic heterocycles. The van der Waals surface area contributed by atoms with Crippen LogP contribution in [-0.4, -0.2) is 4.21 Å². The summed E-state index contributed by atoms with van der Waals surface area (Å²) in [5, 5.41) is 0. The fourth-order valence-electron chi connectivity index (χ4n) is 1.86. The summed E-state index contributed by atoms with van der Waals surface area (Å²) < 4.78 is 12.3. The zero-order chi connectivity index (χ0) is 13.8. The molecule has 0 bridgehead atoms. The minimum Gasteiger partial charge on any atom is -0.326 e. The zero-order valence-electron chi connectivity index (χ0n) is 11.3. The molecule has 2 rings (SSSR count). The third kappa shape index (κ3) is 3.52. The molecule has 19 heavy (non-hydrogen) atoms. The van der Waals surface area contributed by atoms with Crippen LogP contribution in [0.1, 0.15) is 22.3 Å². The van der Waals surface area contributed by atoms with Crippen molar-refractivity contribution in [2.45, 2.75) is 31.0 Å². The average molecular weight is 273 g/mol. The fraction of sp³-hybridized carbons (Fsp3) is 0.250. The van der Waals surface area contributed by atoms with Crippen LogP contribution in [0.2, 0.25) is 0 Å². The van der Waals surface area contributed by atoms with Crippen molar-refractivity contribution in [2.24, 2.45) is 5.73 Å². The summed E-state index contributed by atoms with van der Waals surface area (Å²) in [5.41, 5.74) is 10.2. The lowest BCUT2D eigenvalue weighted by atomic mass is 10.1. The predicted octanol–water partition coefficient (Wildman–Crippen LogP) is 3.07. The highest BCUT2D eigenvalue weighted by atomic mass is 32.2. The number of rotatable bonds is 4. The SMILES string of the molecule is Cc1ccc(S(=O)Cc2ccc(CN)cc2)cc1C.